The molecule has 0 amide bonds. The molecule has 1 fully saturated rings. The average Bonchev–Trinajstić information content (AvgIpc) is 2.80. The Morgan fingerprint density at radius 1 is 1.39 bits per heavy atom. The van der Waals surface area contributed by atoms with E-state index >= 15 is 0 Å². The summed E-state index contributed by atoms with van der Waals surface area (Å²) in [6, 6.07) is 0. The van der Waals surface area contributed by atoms with Gasteiger partial charge >= 0.3 is 0 Å². The van der Waals surface area contributed by atoms with E-state index in [-0.39, 0.29) is 12.7 Å². The molecule has 0 spiro atoms. The average molecular weight is 253 g/mol. The van der Waals surface area contributed by atoms with Crippen molar-refractivity contribution in [3.05, 3.63) is 18.0 Å². The molecule has 3 N–H and O–H groups in total. The lowest BCUT2D eigenvalue weighted by Crippen LogP contribution is -2.33. The quantitative estimate of drug-likeness (QED) is 0.691. The lowest BCUT2D eigenvalue weighted by Gasteiger charge is -2.27. The molecule has 2 atom stereocenters. The Morgan fingerprint density at radius 3 is 3.00 bits per heavy atom. The van der Waals surface area contributed by atoms with Crippen molar-refractivity contribution in [3.63, 3.8) is 0 Å². The Labute approximate surface area is 108 Å². The maximum absolute atomic E-state index is 9.86. The van der Waals surface area contributed by atoms with Gasteiger partial charge in [0.15, 0.2) is 0 Å². The molecule has 5 heteroatoms. The largest absolute Gasteiger partial charge is 0.394 e. The maximum atomic E-state index is 9.86. The summed E-state index contributed by atoms with van der Waals surface area (Å²) in [5, 5.41) is 26.2. The summed E-state index contributed by atoms with van der Waals surface area (Å²) < 4.78 is 1.74. The summed E-state index contributed by atoms with van der Waals surface area (Å²) in [6.07, 6.45) is 8.09. The Kier molecular flexibility index (Phi) is 5.16. The van der Waals surface area contributed by atoms with Gasteiger partial charge in [0.1, 0.15) is 0 Å². The molecular formula is C13H23N3O2. The molecule has 0 bridgehead atoms. The molecule has 102 valence electrons. The van der Waals surface area contributed by atoms with Crippen molar-refractivity contribution in [2.24, 2.45) is 5.92 Å². The molecule has 0 aromatic carbocycles. The minimum absolute atomic E-state index is 0.114. The van der Waals surface area contributed by atoms with Gasteiger partial charge in [-0.2, -0.15) is 5.10 Å². The zero-order chi connectivity index (χ0) is 12.8. The number of rotatable bonds is 6. The molecule has 0 radical (unpaired) electrons. The number of aliphatic hydroxyl groups excluding tert-OH is 2. The Hall–Kier alpha value is -0.910. The van der Waals surface area contributed by atoms with Crippen LogP contribution in [0.5, 0.6) is 0 Å². The Morgan fingerprint density at radius 2 is 2.22 bits per heavy atom. The fraction of sp³-hybridized carbons (Fsp3) is 0.769. The highest BCUT2D eigenvalue weighted by Crippen LogP contribution is 2.23. The van der Waals surface area contributed by atoms with Crippen LogP contribution in [0.3, 0.4) is 0 Å². The van der Waals surface area contributed by atoms with Crippen LogP contribution in [-0.2, 0) is 13.1 Å². The number of nitrogens with zero attached hydrogens (tertiary/aromatic N) is 2. The molecule has 1 aromatic rings. The SMILES string of the molecule is OCCn1cc(CNCC2CCCCC2O)cn1. The first-order valence-corrected chi connectivity index (χ1v) is 6.80. The van der Waals surface area contributed by atoms with Gasteiger partial charge in [0, 0.05) is 24.8 Å². The van der Waals surface area contributed by atoms with Gasteiger partial charge in [0.2, 0.25) is 0 Å². The highest BCUT2D eigenvalue weighted by Gasteiger charge is 2.22. The van der Waals surface area contributed by atoms with Gasteiger partial charge in [-0.15, -0.1) is 0 Å². The summed E-state index contributed by atoms with van der Waals surface area (Å²) in [6.45, 7) is 2.30. The second-order valence-electron chi connectivity index (χ2n) is 5.08. The van der Waals surface area contributed by atoms with E-state index in [1.54, 1.807) is 4.68 Å². The number of hydrogen-bond acceptors (Lipinski definition) is 4. The normalized spacial score (nSPS) is 24.3. The minimum atomic E-state index is -0.136. The van der Waals surface area contributed by atoms with Crippen LogP contribution in [0.15, 0.2) is 12.4 Å². The van der Waals surface area contributed by atoms with Crippen molar-refractivity contribution in [3.8, 4) is 0 Å². The third-order valence-corrected chi connectivity index (χ3v) is 3.62. The van der Waals surface area contributed by atoms with Crippen molar-refractivity contribution < 1.29 is 10.2 Å². The molecule has 18 heavy (non-hydrogen) atoms. The molecule has 5 nitrogen and oxygen atoms in total. The van der Waals surface area contributed by atoms with Crippen LogP contribution in [0, 0.1) is 5.92 Å². The van der Waals surface area contributed by atoms with Crippen LogP contribution >= 0.6 is 0 Å². The molecule has 1 aliphatic carbocycles. The van der Waals surface area contributed by atoms with Gasteiger partial charge < -0.3 is 15.5 Å². The highest BCUT2D eigenvalue weighted by molar-refractivity contribution is 5.03. The lowest BCUT2D eigenvalue weighted by molar-refractivity contribution is 0.0695. The van der Waals surface area contributed by atoms with E-state index in [0.29, 0.717) is 12.5 Å². The molecule has 2 unspecified atom stereocenters. The first kappa shape index (κ1) is 13.5. The van der Waals surface area contributed by atoms with E-state index in [2.05, 4.69) is 10.4 Å². The fourth-order valence-corrected chi connectivity index (χ4v) is 2.55. The molecule has 2 rings (SSSR count). The molecule has 0 saturated heterocycles. The van der Waals surface area contributed by atoms with Crippen molar-refractivity contribution in [2.75, 3.05) is 13.2 Å². The van der Waals surface area contributed by atoms with Gasteiger partial charge in [-0.3, -0.25) is 4.68 Å². The molecule has 1 saturated carbocycles. The number of aromatic nitrogens is 2. The first-order chi connectivity index (χ1) is 8.79. The Bertz CT molecular complexity index is 354. The third-order valence-electron chi connectivity index (χ3n) is 3.62. The lowest BCUT2D eigenvalue weighted by atomic mass is 9.86. The molecule has 1 heterocycles. The van der Waals surface area contributed by atoms with E-state index in [4.69, 9.17) is 5.11 Å². The predicted octanol–water partition coefficient (Wildman–Crippen LogP) is 0.516. The van der Waals surface area contributed by atoms with Crippen molar-refractivity contribution in [1.29, 1.82) is 0 Å². The monoisotopic (exact) mass is 253 g/mol. The van der Waals surface area contributed by atoms with E-state index in [1.807, 2.05) is 12.4 Å². The molecule has 1 aliphatic rings. The van der Waals surface area contributed by atoms with Crippen LogP contribution < -0.4 is 5.32 Å². The van der Waals surface area contributed by atoms with E-state index in [9.17, 15) is 5.11 Å². The maximum Gasteiger partial charge on any atom is 0.0640 e. The topological polar surface area (TPSA) is 70.3 Å². The van der Waals surface area contributed by atoms with Crippen molar-refractivity contribution >= 4 is 0 Å². The first-order valence-electron chi connectivity index (χ1n) is 6.80. The highest BCUT2D eigenvalue weighted by atomic mass is 16.3. The summed E-state index contributed by atoms with van der Waals surface area (Å²) in [4.78, 5) is 0. The molecular weight excluding hydrogens is 230 g/mol. The standard InChI is InChI=1S/C13H23N3O2/c17-6-5-16-10-11(8-15-16)7-14-9-12-3-1-2-4-13(12)18/h8,10,12-14,17-18H,1-7,9H2. The summed E-state index contributed by atoms with van der Waals surface area (Å²) >= 11 is 0. The zero-order valence-electron chi connectivity index (χ0n) is 10.8. The van der Waals surface area contributed by atoms with Gasteiger partial charge in [-0.1, -0.05) is 12.8 Å². The Balaban J connectivity index is 1.70. The van der Waals surface area contributed by atoms with Crippen LogP contribution in [-0.4, -0.2) is 39.2 Å². The van der Waals surface area contributed by atoms with Crippen LogP contribution in [0.1, 0.15) is 31.2 Å². The summed E-state index contributed by atoms with van der Waals surface area (Å²) in [5.41, 5.74) is 1.12. The van der Waals surface area contributed by atoms with Crippen LogP contribution in [0.4, 0.5) is 0 Å². The molecule has 0 aliphatic heterocycles. The van der Waals surface area contributed by atoms with E-state index in [0.717, 1.165) is 37.9 Å². The second-order valence-corrected chi connectivity index (χ2v) is 5.08. The van der Waals surface area contributed by atoms with Crippen molar-refractivity contribution in [1.82, 2.24) is 15.1 Å². The second kappa shape index (κ2) is 6.87. The fourth-order valence-electron chi connectivity index (χ4n) is 2.55. The number of nitrogens with one attached hydrogen (secondary N) is 1. The predicted molar refractivity (Wildman–Crippen MR) is 69.0 cm³/mol. The third kappa shape index (κ3) is 3.80. The molecule has 1 aromatic heterocycles. The minimum Gasteiger partial charge on any atom is -0.394 e. The summed E-state index contributed by atoms with van der Waals surface area (Å²) in [7, 11) is 0. The van der Waals surface area contributed by atoms with Gasteiger partial charge in [-0.05, 0) is 18.8 Å². The zero-order valence-corrected chi connectivity index (χ0v) is 10.8. The van der Waals surface area contributed by atoms with E-state index < -0.39 is 0 Å². The number of aliphatic hydroxyl groups is 2. The smallest absolute Gasteiger partial charge is 0.0640 e. The van der Waals surface area contributed by atoms with Gasteiger partial charge in [0.25, 0.3) is 0 Å². The summed E-state index contributed by atoms with van der Waals surface area (Å²) in [5.74, 6) is 0.395. The van der Waals surface area contributed by atoms with Crippen LogP contribution in [0.2, 0.25) is 0 Å². The van der Waals surface area contributed by atoms with Gasteiger partial charge in [0.05, 0.1) is 25.5 Å². The van der Waals surface area contributed by atoms with Crippen molar-refractivity contribution in [2.45, 2.75) is 44.9 Å². The van der Waals surface area contributed by atoms with Gasteiger partial charge in [-0.25, -0.2) is 0 Å². The van der Waals surface area contributed by atoms with E-state index in [1.165, 1.54) is 6.42 Å². The number of hydrogen-bond donors (Lipinski definition) is 3. The van der Waals surface area contributed by atoms with Crippen LogP contribution in [0.25, 0.3) is 0 Å².